The topological polar surface area (TPSA) is 71.0 Å². The third-order valence-corrected chi connectivity index (χ3v) is 2.79. The minimum absolute atomic E-state index is 0.0320. The van der Waals surface area contributed by atoms with Gasteiger partial charge in [-0.1, -0.05) is 0 Å². The molecule has 0 spiro atoms. The van der Waals surface area contributed by atoms with Crippen LogP contribution in [0.3, 0.4) is 0 Å². The lowest BCUT2D eigenvalue weighted by Crippen LogP contribution is -2.56. The summed E-state index contributed by atoms with van der Waals surface area (Å²) in [5.74, 6) is 0. The molecule has 0 aromatic heterocycles. The average molecular weight is 216 g/mol. The van der Waals surface area contributed by atoms with Crippen LogP contribution in [-0.2, 0) is 9.47 Å². The predicted octanol–water partition coefficient (Wildman–Crippen LogP) is -0.646. The summed E-state index contributed by atoms with van der Waals surface area (Å²) in [6, 6.07) is 0.501. The first-order valence-corrected chi connectivity index (χ1v) is 5.16. The summed E-state index contributed by atoms with van der Waals surface area (Å²) in [4.78, 5) is 12.6. The van der Waals surface area contributed by atoms with Crippen molar-refractivity contribution in [1.29, 1.82) is 0 Å². The van der Waals surface area contributed by atoms with E-state index in [2.05, 4.69) is 10.2 Å². The monoisotopic (exact) mass is 216 g/mol. The van der Waals surface area contributed by atoms with E-state index in [-0.39, 0.29) is 6.10 Å². The number of amides is 1. The van der Waals surface area contributed by atoms with Gasteiger partial charge in [-0.25, -0.2) is 4.79 Å². The van der Waals surface area contributed by atoms with Crippen LogP contribution in [0.5, 0.6) is 0 Å². The molecule has 2 N–H and O–H groups in total. The van der Waals surface area contributed by atoms with Crippen molar-refractivity contribution < 1.29 is 19.4 Å². The van der Waals surface area contributed by atoms with Crippen LogP contribution in [0.15, 0.2) is 0 Å². The van der Waals surface area contributed by atoms with Gasteiger partial charge in [0.25, 0.3) is 0 Å². The molecule has 6 nitrogen and oxygen atoms in total. The van der Waals surface area contributed by atoms with E-state index in [4.69, 9.17) is 14.6 Å². The highest BCUT2D eigenvalue weighted by atomic mass is 16.5. The molecule has 86 valence electrons. The predicted molar refractivity (Wildman–Crippen MR) is 51.9 cm³/mol. The number of ether oxygens (including phenoxy) is 2. The smallest absolute Gasteiger partial charge is 0.404 e. The second-order valence-electron chi connectivity index (χ2n) is 3.87. The standard InChI is InChI=1S/C9H16N2O4/c12-9(13)10-3-8-4-11(1-2-15-8)7-5-14-6-7/h7-8,10H,1-6H2,(H,12,13). The number of nitrogens with one attached hydrogen (secondary N) is 1. The van der Waals surface area contributed by atoms with Crippen molar-refractivity contribution in [1.82, 2.24) is 10.2 Å². The molecule has 0 radical (unpaired) electrons. The number of nitrogens with zero attached hydrogens (tertiary/aromatic N) is 1. The minimum atomic E-state index is -0.997. The maximum absolute atomic E-state index is 10.3. The molecular formula is C9H16N2O4. The van der Waals surface area contributed by atoms with Crippen molar-refractivity contribution in [2.24, 2.45) is 0 Å². The summed E-state index contributed by atoms with van der Waals surface area (Å²) in [7, 11) is 0. The SMILES string of the molecule is O=C(O)NCC1CN(C2COC2)CCO1. The van der Waals surface area contributed by atoms with Crippen molar-refractivity contribution >= 4 is 6.09 Å². The normalized spacial score (nSPS) is 28.4. The third-order valence-electron chi connectivity index (χ3n) is 2.79. The Balaban J connectivity index is 1.73. The van der Waals surface area contributed by atoms with Crippen LogP contribution in [0, 0.1) is 0 Å². The molecule has 15 heavy (non-hydrogen) atoms. The molecule has 2 heterocycles. The summed E-state index contributed by atoms with van der Waals surface area (Å²) in [5, 5.41) is 10.8. The van der Waals surface area contributed by atoms with Gasteiger partial charge in [0.05, 0.1) is 32.0 Å². The molecule has 1 atom stereocenters. The molecule has 1 amide bonds. The molecule has 0 bridgehead atoms. The van der Waals surface area contributed by atoms with Crippen molar-refractivity contribution in [3.8, 4) is 0 Å². The van der Waals surface area contributed by atoms with E-state index in [0.717, 1.165) is 26.3 Å². The van der Waals surface area contributed by atoms with Crippen molar-refractivity contribution in [2.45, 2.75) is 12.1 Å². The van der Waals surface area contributed by atoms with Crippen molar-refractivity contribution in [3.63, 3.8) is 0 Å². The van der Waals surface area contributed by atoms with Gasteiger partial charge >= 0.3 is 6.09 Å². The Labute approximate surface area is 88.1 Å². The fourth-order valence-electron chi connectivity index (χ4n) is 1.83. The summed E-state index contributed by atoms with van der Waals surface area (Å²) < 4.78 is 10.6. The van der Waals surface area contributed by atoms with E-state index < -0.39 is 6.09 Å². The van der Waals surface area contributed by atoms with Gasteiger partial charge in [-0.2, -0.15) is 0 Å². The maximum Gasteiger partial charge on any atom is 0.404 e. The number of hydrogen-bond donors (Lipinski definition) is 2. The molecule has 0 aliphatic carbocycles. The van der Waals surface area contributed by atoms with Crippen molar-refractivity contribution in [2.75, 3.05) is 39.5 Å². The van der Waals surface area contributed by atoms with Gasteiger partial charge in [0.1, 0.15) is 0 Å². The second kappa shape index (κ2) is 4.78. The number of carbonyl (C=O) groups is 1. The molecule has 2 fully saturated rings. The molecule has 1 unspecified atom stereocenters. The van der Waals surface area contributed by atoms with Crippen molar-refractivity contribution in [3.05, 3.63) is 0 Å². The average Bonchev–Trinajstić information content (AvgIpc) is 2.13. The Bertz CT molecular complexity index is 232. The zero-order chi connectivity index (χ0) is 10.7. The summed E-state index contributed by atoms with van der Waals surface area (Å²) >= 11 is 0. The molecular weight excluding hydrogens is 200 g/mol. The van der Waals surface area contributed by atoms with Gasteiger partial charge in [-0.15, -0.1) is 0 Å². The summed E-state index contributed by atoms with van der Waals surface area (Å²) in [6.07, 6.45) is -1.03. The van der Waals surface area contributed by atoms with Gasteiger partial charge in [-0.05, 0) is 0 Å². The van der Waals surface area contributed by atoms with E-state index in [0.29, 0.717) is 19.2 Å². The molecule has 0 aromatic carbocycles. The van der Waals surface area contributed by atoms with Gasteiger partial charge in [0, 0.05) is 19.6 Å². The van der Waals surface area contributed by atoms with Gasteiger partial charge < -0.3 is 19.9 Å². The first-order valence-electron chi connectivity index (χ1n) is 5.16. The lowest BCUT2D eigenvalue weighted by Gasteiger charge is -2.41. The number of hydrogen-bond acceptors (Lipinski definition) is 4. The van der Waals surface area contributed by atoms with Gasteiger partial charge in [0.2, 0.25) is 0 Å². The Morgan fingerprint density at radius 2 is 2.33 bits per heavy atom. The Morgan fingerprint density at radius 1 is 1.53 bits per heavy atom. The fourth-order valence-corrected chi connectivity index (χ4v) is 1.83. The largest absolute Gasteiger partial charge is 0.465 e. The highest BCUT2D eigenvalue weighted by molar-refractivity contribution is 5.64. The molecule has 2 aliphatic rings. The molecule has 0 aromatic rings. The second-order valence-corrected chi connectivity index (χ2v) is 3.87. The Hall–Kier alpha value is -0.850. The van der Waals surface area contributed by atoms with Crippen LogP contribution in [-0.4, -0.2) is 67.7 Å². The molecule has 2 saturated heterocycles. The van der Waals surface area contributed by atoms with E-state index in [1.54, 1.807) is 0 Å². The first kappa shape index (κ1) is 10.7. The van der Waals surface area contributed by atoms with Crippen LogP contribution in [0.4, 0.5) is 4.79 Å². The zero-order valence-corrected chi connectivity index (χ0v) is 8.52. The Morgan fingerprint density at radius 3 is 2.93 bits per heavy atom. The zero-order valence-electron chi connectivity index (χ0n) is 8.52. The molecule has 2 rings (SSSR count). The quantitative estimate of drug-likeness (QED) is 0.656. The van der Waals surface area contributed by atoms with Crippen LogP contribution < -0.4 is 5.32 Å². The molecule has 2 aliphatic heterocycles. The number of carboxylic acid groups (broad SMARTS) is 1. The first-order chi connectivity index (χ1) is 7.25. The Kier molecular flexibility index (Phi) is 3.40. The van der Waals surface area contributed by atoms with E-state index in [9.17, 15) is 4.79 Å². The van der Waals surface area contributed by atoms with Gasteiger partial charge in [0.15, 0.2) is 0 Å². The highest BCUT2D eigenvalue weighted by Crippen LogP contribution is 2.14. The summed E-state index contributed by atoms with van der Waals surface area (Å²) in [5.41, 5.74) is 0. The molecule has 6 heteroatoms. The third kappa shape index (κ3) is 2.80. The van der Waals surface area contributed by atoms with Crippen LogP contribution in [0.25, 0.3) is 0 Å². The van der Waals surface area contributed by atoms with Crippen LogP contribution in [0.1, 0.15) is 0 Å². The number of morpholine rings is 1. The van der Waals surface area contributed by atoms with E-state index in [1.165, 1.54) is 0 Å². The van der Waals surface area contributed by atoms with Crippen LogP contribution in [0.2, 0.25) is 0 Å². The minimum Gasteiger partial charge on any atom is -0.465 e. The number of rotatable bonds is 3. The lowest BCUT2D eigenvalue weighted by atomic mass is 10.1. The van der Waals surface area contributed by atoms with E-state index >= 15 is 0 Å². The highest BCUT2D eigenvalue weighted by Gasteiger charge is 2.30. The van der Waals surface area contributed by atoms with Gasteiger partial charge in [-0.3, -0.25) is 4.90 Å². The molecule has 0 saturated carbocycles. The maximum atomic E-state index is 10.3. The van der Waals surface area contributed by atoms with E-state index in [1.807, 2.05) is 0 Å². The lowest BCUT2D eigenvalue weighted by molar-refractivity contribution is -0.112. The van der Waals surface area contributed by atoms with Crippen LogP contribution >= 0.6 is 0 Å². The summed E-state index contributed by atoms with van der Waals surface area (Å²) in [6.45, 7) is 4.31. The fraction of sp³-hybridized carbons (Fsp3) is 0.889.